The molecular formula is C13H18N2O. The number of fused-ring (bicyclic) bond motifs is 1. The van der Waals surface area contributed by atoms with E-state index in [1.807, 2.05) is 17.9 Å². The minimum absolute atomic E-state index is 0.117. The Morgan fingerprint density at radius 2 is 1.94 bits per heavy atom. The molecule has 0 atom stereocenters. The van der Waals surface area contributed by atoms with Gasteiger partial charge in [-0.3, -0.25) is 4.68 Å². The van der Waals surface area contributed by atoms with Gasteiger partial charge in [-0.05, 0) is 23.1 Å². The summed E-state index contributed by atoms with van der Waals surface area (Å²) in [4.78, 5) is 0. The zero-order chi connectivity index (χ0) is 11.9. The summed E-state index contributed by atoms with van der Waals surface area (Å²) in [7, 11) is 3.66. The average Bonchev–Trinajstić information content (AvgIpc) is 2.58. The largest absolute Gasteiger partial charge is 0.496 e. The first-order chi connectivity index (χ1) is 7.43. The smallest absolute Gasteiger partial charge is 0.130 e. The standard InChI is InChI=1S/C13H18N2O/c1-13(2,3)9-6-11-10(8-14-15(11)4)12(7-9)16-5/h6-8H,1-5H3. The van der Waals surface area contributed by atoms with Gasteiger partial charge in [0.25, 0.3) is 0 Å². The molecular weight excluding hydrogens is 200 g/mol. The molecule has 0 saturated heterocycles. The summed E-state index contributed by atoms with van der Waals surface area (Å²) < 4.78 is 7.31. The van der Waals surface area contributed by atoms with E-state index in [4.69, 9.17) is 4.74 Å². The number of hydrogen-bond acceptors (Lipinski definition) is 2. The van der Waals surface area contributed by atoms with E-state index in [2.05, 4.69) is 38.0 Å². The number of ether oxygens (including phenoxy) is 1. The van der Waals surface area contributed by atoms with Crippen LogP contribution in [0.15, 0.2) is 18.3 Å². The van der Waals surface area contributed by atoms with Gasteiger partial charge in [-0.25, -0.2) is 0 Å². The topological polar surface area (TPSA) is 27.1 Å². The summed E-state index contributed by atoms with van der Waals surface area (Å²) in [6.07, 6.45) is 1.85. The lowest BCUT2D eigenvalue weighted by Crippen LogP contribution is -2.11. The van der Waals surface area contributed by atoms with Gasteiger partial charge in [0.15, 0.2) is 0 Å². The van der Waals surface area contributed by atoms with Crippen molar-refractivity contribution < 1.29 is 4.74 Å². The van der Waals surface area contributed by atoms with E-state index >= 15 is 0 Å². The third kappa shape index (κ3) is 1.66. The highest BCUT2D eigenvalue weighted by Gasteiger charge is 2.17. The Labute approximate surface area is 96.0 Å². The lowest BCUT2D eigenvalue weighted by Gasteiger charge is -2.20. The van der Waals surface area contributed by atoms with E-state index < -0.39 is 0 Å². The molecule has 1 aromatic carbocycles. The quantitative estimate of drug-likeness (QED) is 0.736. The lowest BCUT2D eigenvalue weighted by molar-refractivity contribution is 0.418. The SMILES string of the molecule is COc1cc(C(C)(C)C)cc2c1cnn2C. The molecule has 3 nitrogen and oxygen atoms in total. The van der Waals surface area contributed by atoms with Crippen LogP contribution in [0.5, 0.6) is 5.75 Å². The van der Waals surface area contributed by atoms with Gasteiger partial charge >= 0.3 is 0 Å². The third-order valence-corrected chi connectivity index (χ3v) is 2.91. The fraction of sp³-hybridized carbons (Fsp3) is 0.462. The Kier molecular flexibility index (Phi) is 2.41. The molecule has 0 aliphatic carbocycles. The minimum atomic E-state index is 0.117. The van der Waals surface area contributed by atoms with E-state index in [1.165, 1.54) is 5.56 Å². The van der Waals surface area contributed by atoms with E-state index in [-0.39, 0.29) is 5.41 Å². The summed E-state index contributed by atoms with van der Waals surface area (Å²) in [6.45, 7) is 6.60. The monoisotopic (exact) mass is 218 g/mol. The van der Waals surface area contributed by atoms with Crippen molar-refractivity contribution in [1.29, 1.82) is 0 Å². The molecule has 0 aliphatic rings. The molecule has 16 heavy (non-hydrogen) atoms. The Bertz CT molecular complexity index is 520. The molecule has 0 N–H and O–H groups in total. The van der Waals surface area contributed by atoms with Crippen LogP contribution in [0.25, 0.3) is 10.9 Å². The van der Waals surface area contributed by atoms with Crippen molar-refractivity contribution in [3.05, 3.63) is 23.9 Å². The maximum Gasteiger partial charge on any atom is 0.130 e. The molecule has 0 saturated carbocycles. The number of benzene rings is 1. The molecule has 2 rings (SSSR count). The summed E-state index contributed by atoms with van der Waals surface area (Å²) in [6, 6.07) is 4.29. The van der Waals surface area contributed by atoms with Crippen molar-refractivity contribution in [3.63, 3.8) is 0 Å². The highest BCUT2D eigenvalue weighted by Crippen LogP contribution is 2.32. The van der Waals surface area contributed by atoms with Gasteiger partial charge in [0.1, 0.15) is 5.75 Å². The molecule has 0 spiro atoms. The number of aryl methyl sites for hydroxylation is 1. The van der Waals surface area contributed by atoms with Gasteiger partial charge in [-0.15, -0.1) is 0 Å². The zero-order valence-corrected chi connectivity index (χ0v) is 10.5. The highest BCUT2D eigenvalue weighted by molar-refractivity contribution is 5.86. The molecule has 86 valence electrons. The van der Waals surface area contributed by atoms with Crippen molar-refractivity contribution in [2.24, 2.45) is 7.05 Å². The average molecular weight is 218 g/mol. The van der Waals surface area contributed by atoms with Crippen LogP contribution in [0.4, 0.5) is 0 Å². The van der Waals surface area contributed by atoms with Crippen LogP contribution in [0, 0.1) is 0 Å². The second-order valence-electron chi connectivity index (χ2n) is 5.13. The van der Waals surface area contributed by atoms with Crippen LogP contribution >= 0.6 is 0 Å². The lowest BCUT2D eigenvalue weighted by atomic mass is 9.86. The summed E-state index contributed by atoms with van der Waals surface area (Å²) >= 11 is 0. The maximum absolute atomic E-state index is 5.42. The van der Waals surface area contributed by atoms with Crippen LogP contribution in [0.2, 0.25) is 0 Å². The van der Waals surface area contributed by atoms with Gasteiger partial charge < -0.3 is 4.74 Å². The number of rotatable bonds is 1. The van der Waals surface area contributed by atoms with Crippen molar-refractivity contribution in [2.45, 2.75) is 26.2 Å². The second-order valence-corrected chi connectivity index (χ2v) is 5.13. The molecule has 1 aromatic heterocycles. The molecule has 1 heterocycles. The summed E-state index contributed by atoms with van der Waals surface area (Å²) in [5.41, 5.74) is 2.50. The fourth-order valence-electron chi connectivity index (χ4n) is 1.82. The van der Waals surface area contributed by atoms with Crippen LogP contribution in [0.3, 0.4) is 0 Å². The molecule has 0 bridgehead atoms. The first-order valence-corrected chi connectivity index (χ1v) is 5.43. The number of nitrogens with zero attached hydrogens (tertiary/aromatic N) is 2. The van der Waals surface area contributed by atoms with Crippen molar-refractivity contribution in [3.8, 4) is 5.75 Å². The molecule has 0 aliphatic heterocycles. The molecule has 0 unspecified atom stereocenters. The summed E-state index contributed by atoms with van der Waals surface area (Å²) in [5.74, 6) is 0.899. The van der Waals surface area contributed by atoms with Gasteiger partial charge in [0.05, 0.1) is 24.2 Å². The predicted molar refractivity (Wildman–Crippen MR) is 66.0 cm³/mol. The first kappa shape index (κ1) is 11.0. The molecule has 3 heteroatoms. The number of aromatic nitrogens is 2. The second kappa shape index (κ2) is 3.51. The van der Waals surface area contributed by atoms with Gasteiger partial charge in [0, 0.05) is 7.05 Å². The summed E-state index contributed by atoms with van der Waals surface area (Å²) in [5, 5.41) is 5.33. The Hall–Kier alpha value is -1.51. The highest BCUT2D eigenvalue weighted by atomic mass is 16.5. The van der Waals surface area contributed by atoms with E-state index in [1.54, 1.807) is 7.11 Å². The van der Waals surface area contributed by atoms with Crippen LogP contribution < -0.4 is 4.74 Å². The maximum atomic E-state index is 5.42. The molecule has 0 fully saturated rings. The number of hydrogen-bond donors (Lipinski definition) is 0. The van der Waals surface area contributed by atoms with Gasteiger partial charge in [-0.2, -0.15) is 5.10 Å². The van der Waals surface area contributed by atoms with Crippen molar-refractivity contribution in [2.75, 3.05) is 7.11 Å². The minimum Gasteiger partial charge on any atom is -0.496 e. The third-order valence-electron chi connectivity index (χ3n) is 2.91. The Morgan fingerprint density at radius 3 is 2.50 bits per heavy atom. The van der Waals surface area contributed by atoms with Crippen LogP contribution in [-0.4, -0.2) is 16.9 Å². The van der Waals surface area contributed by atoms with Crippen molar-refractivity contribution in [1.82, 2.24) is 9.78 Å². The first-order valence-electron chi connectivity index (χ1n) is 5.43. The van der Waals surface area contributed by atoms with Crippen molar-refractivity contribution >= 4 is 10.9 Å². The van der Waals surface area contributed by atoms with E-state index in [9.17, 15) is 0 Å². The fourth-order valence-corrected chi connectivity index (χ4v) is 1.82. The molecule has 0 radical (unpaired) electrons. The van der Waals surface area contributed by atoms with Gasteiger partial charge in [-0.1, -0.05) is 20.8 Å². The van der Waals surface area contributed by atoms with E-state index in [0.717, 1.165) is 16.7 Å². The van der Waals surface area contributed by atoms with Gasteiger partial charge in [0.2, 0.25) is 0 Å². The zero-order valence-electron chi connectivity index (χ0n) is 10.5. The Morgan fingerprint density at radius 1 is 1.25 bits per heavy atom. The predicted octanol–water partition coefficient (Wildman–Crippen LogP) is 2.88. The van der Waals surface area contributed by atoms with Crippen LogP contribution in [0.1, 0.15) is 26.3 Å². The normalized spacial score (nSPS) is 12.1. The number of methoxy groups -OCH3 is 1. The van der Waals surface area contributed by atoms with Crippen LogP contribution in [-0.2, 0) is 12.5 Å². The molecule has 0 amide bonds. The van der Waals surface area contributed by atoms with E-state index in [0.29, 0.717) is 0 Å². The Balaban J connectivity index is 2.76. The molecule has 2 aromatic rings.